The summed E-state index contributed by atoms with van der Waals surface area (Å²) < 4.78 is 18.8. The maximum Gasteiger partial charge on any atom is 0.302 e. The molecule has 1 N–H and O–H groups in total. The molecule has 12 unspecified atom stereocenters. The Bertz CT molecular complexity index is 828. The van der Waals surface area contributed by atoms with Gasteiger partial charge in [-0.05, 0) is 105 Å². The Balaban J connectivity index is 1.20. The maximum atomic E-state index is 11.6. The molecule has 6 aliphatic rings. The molecule has 2 aliphatic heterocycles. The van der Waals surface area contributed by atoms with Crippen LogP contribution in [0.1, 0.15) is 98.8 Å². The topological polar surface area (TPSA) is 65.0 Å². The average Bonchev–Trinajstić information content (AvgIpc) is 3.21. The first-order valence-electron chi connectivity index (χ1n) is 14.2. The third-order valence-corrected chi connectivity index (χ3v) is 12.3. The van der Waals surface area contributed by atoms with E-state index in [1.54, 1.807) is 6.92 Å². The Labute approximate surface area is 205 Å². The minimum absolute atomic E-state index is 0.120. The summed E-state index contributed by atoms with van der Waals surface area (Å²) in [6.07, 6.45) is 11.8. The molecule has 0 radical (unpaired) electrons. The first kappa shape index (κ1) is 23.7. The summed E-state index contributed by atoms with van der Waals surface area (Å²) in [5, 5.41) is 10.4. The molecule has 1 spiro atoms. The molecule has 0 amide bonds. The van der Waals surface area contributed by atoms with Crippen LogP contribution in [0.15, 0.2) is 0 Å². The standard InChI is InChI=1S/C29H46O5/c1-17-25-24(34-29(17)13-12-26(3,31)16-32-29)15-23-21-7-6-19-14-20(33-18(2)30)8-10-27(19,4)22(21)9-11-28(23,25)5/h17,19-25,31H,6-16H2,1-5H3. The summed E-state index contributed by atoms with van der Waals surface area (Å²) in [5.41, 5.74) is -0.000356. The number of esters is 1. The highest BCUT2D eigenvalue weighted by atomic mass is 16.7. The minimum atomic E-state index is -0.723. The van der Waals surface area contributed by atoms with Crippen molar-refractivity contribution in [2.75, 3.05) is 6.61 Å². The van der Waals surface area contributed by atoms with Crippen LogP contribution in [-0.4, -0.2) is 41.3 Å². The molecule has 0 bridgehead atoms. The van der Waals surface area contributed by atoms with Crippen molar-refractivity contribution in [3.05, 3.63) is 0 Å². The predicted molar refractivity (Wildman–Crippen MR) is 129 cm³/mol. The summed E-state index contributed by atoms with van der Waals surface area (Å²) in [6.45, 7) is 11.4. The van der Waals surface area contributed by atoms with Crippen LogP contribution >= 0.6 is 0 Å². The minimum Gasteiger partial charge on any atom is -0.463 e. The number of rotatable bonds is 1. The van der Waals surface area contributed by atoms with Gasteiger partial charge in [0.15, 0.2) is 5.79 Å². The highest BCUT2D eigenvalue weighted by molar-refractivity contribution is 5.66. The summed E-state index contributed by atoms with van der Waals surface area (Å²) >= 11 is 0. The normalized spacial score (nSPS) is 58.5. The smallest absolute Gasteiger partial charge is 0.302 e. The lowest BCUT2D eigenvalue weighted by Crippen LogP contribution is -2.55. The molecule has 2 saturated heterocycles. The van der Waals surface area contributed by atoms with Gasteiger partial charge in [-0.2, -0.15) is 0 Å². The number of hydrogen-bond donors (Lipinski definition) is 1. The number of carbonyl (C=O) groups excluding carboxylic acids is 1. The van der Waals surface area contributed by atoms with Gasteiger partial charge >= 0.3 is 5.97 Å². The molecule has 5 nitrogen and oxygen atoms in total. The van der Waals surface area contributed by atoms with Crippen molar-refractivity contribution >= 4 is 5.97 Å². The first-order valence-corrected chi connectivity index (χ1v) is 14.2. The summed E-state index contributed by atoms with van der Waals surface area (Å²) in [4.78, 5) is 11.6. The van der Waals surface area contributed by atoms with E-state index in [-0.39, 0.29) is 12.1 Å². The Morgan fingerprint density at radius 1 is 0.941 bits per heavy atom. The van der Waals surface area contributed by atoms with E-state index in [0.29, 0.717) is 41.3 Å². The number of hydrogen-bond acceptors (Lipinski definition) is 5. The van der Waals surface area contributed by atoms with Crippen molar-refractivity contribution in [2.24, 2.45) is 46.3 Å². The summed E-state index contributed by atoms with van der Waals surface area (Å²) in [5.74, 6) is 3.38. The Morgan fingerprint density at radius 2 is 1.71 bits per heavy atom. The Morgan fingerprint density at radius 3 is 2.41 bits per heavy atom. The van der Waals surface area contributed by atoms with Crippen LogP contribution in [0.4, 0.5) is 0 Å². The molecule has 4 aliphatic carbocycles. The van der Waals surface area contributed by atoms with E-state index in [9.17, 15) is 9.90 Å². The number of carbonyl (C=O) groups is 1. The average molecular weight is 475 g/mol. The van der Waals surface area contributed by atoms with Crippen molar-refractivity contribution in [3.63, 3.8) is 0 Å². The number of ether oxygens (including phenoxy) is 3. The van der Waals surface area contributed by atoms with Gasteiger partial charge in [0, 0.05) is 19.3 Å². The van der Waals surface area contributed by atoms with E-state index in [0.717, 1.165) is 43.4 Å². The van der Waals surface area contributed by atoms with E-state index >= 15 is 0 Å². The van der Waals surface area contributed by atoms with Crippen LogP contribution in [0, 0.1) is 46.3 Å². The van der Waals surface area contributed by atoms with Gasteiger partial charge in [0.1, 0.15) is 6.10 Å². The largest absolute Gasteiger partial charge is 0.463 e. The molecule has 5 heteroatoms. The first-order chi connectivity index (χ1) is 16.0. The number of aliphatic hydroxyl groups is 1. The second-order valence-corrected chi connectivity index (χ2v) is 14.0. The van der Waals surface area contributed by atoms with Gasteiger partial charge in [-0.3, -0.25) is 4.79 Å². The van der Waals surface area contributed by atoms with E-state index < -0.39 is 11.4 Å². The molecule has 6 fully saturated rings. The van der Waals surface area contributed by atoms with Crippen molar-refractivity contribution in [2.45, 2.75) is 122 Å². The zero-order valence-electron chi connectivity index (χ0n) is 22.0. The lowest BCUT2D eigenvalue weighted by Gasteiger charge is -2.61. The summed E-state index contributed by atoms with van der Waals surface area (Å²) in [7, 11) is 0. The fraction of sp³-hybridized carbons (Fsp3) is 0.966. The Kier molecular flexibility index (Phi) is 5.36. The molecule has 6 rings (SSSR count). The fourth-order valence-corrected chi connectivity index (χ4v) is 10.6. The molecule has 2 heterocycles. The van der Waals surface area contributed by atoms with Crippen molar-refractivity contribution in [1.29, 1.82) is 0 Å². The van der Waals surface area contributed by atoms with Crippen molar-refractivity contribution in [1.82, 2.24) is 0 Å². The van der Waals surface area contributed by atoms with Gasteiger partial charge in [0.2, 0.25) is 0 Å². The lowest BCUT2D eigenvalue weighted by molar-refractivity contribution is -0.294. The monoisotopic (exact) mass is 474 g/mol. The van der Waals surface area contributed by atoms with Crippen LogP contribution in [0.5, 0.6) is 0 Å². The van der Waals surface area contributed by atoms with E-state index in [1.165, 1.54) is 38.5 Å². The summed E-state index contributed by atoms with van der Waals surface area (Å²) in [6, 6.07) is 0. The molecule has 34 heavy (non-hydrogen) atoms. The van der Waals surface area contributed by atoms with Gasteiger partial charge in [0.25, 0.3) is 0 Å². The van der Waals surface area contributed by atoms with Gasteiger partial charge in [0.05, 0.1) is 18.3 Å². The van der Waals surface area contributed by atoms with Crippen LogP contribution in [0.3, 0.4) is 0 Å². The second-order valence-electron chi connectivity index (χ2n) is 14.0. The third kappa shape index (κ3) is 3.31. The third-order valence-electron chi connectivity index (χ3n) is 12.3. The zero-order valence-corrected chi connectivity index (χ0v) is 22.0. The van der Waals surface area contributed by atoms with Crippen LogP contribution in [0.25, 0.3) is 0 Å². The molecule has 0 aromatic rings. The molecule has 0 aromatic heterocycles. The molecule has 4 saturated carbocycles. The predicted octanol–water partition coefficient (Wildman–Crippen LogP) is 5.48. The van der Waals surface area contributed by atoms with E-state index in [4.69, 9.17) is 14.2 Å². The van der Waals surface area contributed by atoms with Crippen LogP contribution in [0.2, 0.25) is 0 Å². The molecule has 192 valence electrons. The Hall–Kier alpha value is -0.650. The van der Waals surface area contributed by atoms with Crippen LogP contribution in [-0.2, 0) is 19.0 Å². The van der Waals surface area contributed by atoms with Crippen molar-refractivity contribution in [3.8, 4) is 0 Å². The van der Waals surface area contributed by atoms with Gasteiger partial charge in [-0.1, -0.05) is 20.8 Å². The van der Waals surface area contributed by atoms with Gasteiger partial charge in [-0.25, -0.2) is 0 Å². The van der Waals surface area contributed by atoms with E-state index in [1.807, 2.05) is 6.92 Å². The molecular formula is C29H46O5. The zero-order chi connectivity index (χ0) is 24.1. The van der Waals surface area contributed by atoms with E-state index in [2.05, 4.69) is 20.8 Å². The van der Waals surface area contributed by atoms with Crippen LogP contribution < -0.4 is 0 Å². The quantitative estimate of drug-likeness (QED) is 0.510. The molecule has 0 aromatic carbocycles. The second kappa shape index (κ2) is 7.68. The van der Waals surface area contributed by atoms with Gasteiger partial charge < -0.3 is 19.3 Å². The van der Waals surface area contributed by atoms with Gasteiger partial charge in [-0.15, -0.1) is 0 Å². The highest BCUT2D eigenvalue weighted by Crippen LogP contribution is 2.71. The van der Waals surface area contributed by atoms with Crippen molar-refractivity contribution < 1.29 is 24.1 Å². The maximum absolute atomic E-state index is 11.6. The molecular weight excluding hydrogens is 428 g/mol. The highest BCUT2D eigenvalue weighted by Gasteiger charge is 2.69. The fourth-order valence-electron chi connectivity index (χ4n) is 10.6. The SMILES string of the molecule is CC(=O)OC1CCC2(C)C(CCC3C2CCC2(C)C3CC3OC4(CCC(C)(O)CO4)C(C)C32)C1. The lowest BCUT2D eigenvalue weighted by atomic mass is 9.44. The molecule has 12 atom stereocenters. The number of fused-ring (bicyclic) bond motifs is 7.